The molecule has 0 bridgehead atoms. The van der Waals surface area contributed by atoms with Gasteiger partial charge in [0.05, 0.1) is 5.56 Å². The molecule has 0 aromatic heterocycles. The molecule has 0 heterocycles. The smallest absolute Gasteiger partial charge is 0.505 e. The molecule has 0 fully saturated rings. The third-order valence-corrected chi connectivity index (χ3v) is 6.18. The van der Waals surface area contributed by atoms with E-state index in [1.807, 2.05) is 50.2 Å². The second kappa shape index (κ2) is 11.0. The number of phenols is 1. The van der Waals surface area contributed by atoms with Crippen molar-refractivity contribution in [2.75, 3.05) is 12.7 Å². The van der Waals surface area contributed by atoms with Crippen LogP contribution >= 0.6 is 8.03 Å². The van der Waals surface area contributed by atoms with E-state index in [0.29, 0.717) is 19.4 Å². The maximum atomic E-state index is 12.7. The third-order valence-electron chi connectivity index (χ3n) is 5.58. The molecule has 0 aliphatic carbocycles. The van der Waals surface area contributed by atoms with Gasteiger partial charge in [0, 0.05) is 13.0 Å². The summed E-state index contributed by atoms with van der Waals surface area (Å²) in [5, 5.41) is 13.1. The lowest BCUT2D eigenvalue weighted by Gasteiger charge is -2.14. The molecule has 32 heavy (non-hydrogen) atoms. The Morgan fingerprint density at radius 3 is 2.25 bits per heavy atom. The summed E-state index contributed by atoms with van der Waals surface area (Å²) in [5.41, 5.74) is 6.77. The molecule has 1 atom stereocenters. The summed E-state index contributed by atoms with van der Waals surface area (Å²) >= 11 is 0. The van der Waals surface area contributed by atoms with E-state index in [2.05, 4.69) is 17.4 Å². The predicted molar refractivity (Wildman–Crippen MR) is 128 cm³/mol. The van der Waals surface area contributed by atoms with Crippen molar-refractivity contribution in [3.63, 3.8) is 0 Å². The fraction of sp³-hybridized carbons (Fsp3) is 0.269. The predicted octanol–water partition coefficient (Wildman–Crippen LogP) is 4.85. The third kappa shape index (κ3) is 6.49. The monoisotopic (exact) mass is 450 g/mol. The van der Waals surface area contributed by atoms with Crippen LogP contribution in [-0.2, 0) is 23.8 Å². The zero-order chi connectivity index (χ0) is 23.1. The molecule has 0 spiro atoms. The van der Waals surface area contributed by atoms with Crippen LogP contribution in [0.15, 0.2) is 60.7 Å². The van der Waals surface area contributed by atoms with Crippen LogP contribution in [0.4, 0.5) is 0 Å². The fourth-order valence-corrected chi connectivity index (χ4v) is 4.32. The van der Waals surface area contributed by atoms with Gasteiger partial charge in [-0.05, 0) is 76.8 Å². The number of carbonyl (C=O) groups excluding carboxylic acids is 1. The van der Waals surface area contributed by atoms with Crippen LogP contribution in [0, 0.1) is 13.8 Å². The molecular formula is C26H29NO4P+. The average molecular weight is 450 g/mol. The minimum absolute atomic E-state index is 0.0344. The summed E-state index contributed by atoms with van der Waals surface area (Å²) in [6, 6.07) is 19.2. The van der Waals surface area contributed by atoms with Crippen molar-refractivity contribution < 1.29 is 19.4 Å². The number of nitrogens with one attached hydrogen (secondary N) is 1. The lowest BCUT2D eigenvalue weighted by atomic mass is 9.92. The summed E-state index contributed by atoms with van der Waals surface area (Å²) in [6.07, 6.45) is 2.19. The summed E-state index contributed by atoms with van der Waals surface area (Å²) in [5.74, 6) is -0.324. The molecule has 0 aliphatic rings. The Morgan fingerprint density at radius 2 is 1.59 bits per heavy atom. The first kappa shape index (κ1) is 23.6. The van der Waals surface area contributed by atoms with Crippen LogP contribution in [-0.4, -0.2) is 28.6 Å². The van der Waals surface area contributed by atoms with Crippen LogP contribution in [0.2, 0.25) is 0 Å². The maximum Gasteiger partial charge on any atom is 0.505 e. The Morgan fingerprint density at radius 1 is 0.906 bits per heavy atom. The Hall–Kier alpha value is -3.01. The van der Waals surface area contributed by atoms with Crippen LogP contribution in [0.1, 0.15) is 43.7 Å². The van der Waals surface area contributed by atoms with E-state index in [0.717, 1.165) is 39.8 Å². The molecule has 3 aromatic carbocycles. The van der Waals surface area contributed by atoms with Gasteiger partial charge in [-0.3, -0.25) is 4.79 Å². The van der Waals surface area contributed by atoms with E-state index in [9.17, 15) is 14.5 Å². The number of rotatable bonds is 9. The van der Waals surface area contributed by atoms with Gasteiger partial charge in [-0.1, -0.05) is 48.5 Å². The Kier molecular flexibility index (Phi) is 8.15. The zero-order valence-electron chi connectivity index (χ0n) is 18.5. The highest BCUT2D eigenvalue weighted by molar-refractivity contribution is 7.37. The summed E-state index contributed by atoms with van der Waals surface area (Å²) in [4.78, 5) is 21.7. The van der Waals surface area contributed by atoms with Crippen molar-refractivity contribution in [2.45, 2.75) is 33.1 Å². The number of aromatic hydroxyl groups is 1. The maximum absolute atomic E-state index is 12.7. The van der Waals surface area contributed by atoms with Gasteiger partial charge in [0.15, 0.2) is 6.16 Å². The van der Waals surface area contributed by atoms with E-state index in [1.165, 1.54) is 0 Å². The first-order valence-electron chi connectivity index (χ1n) is 10.7. The largest absolute Gasteiger partial charge is 0.507 e. The van der Waals surface area contributed by atoms with Crippen molar-refractivity contribution >= 4 is 13.9 Å². The standard InChI is InChI=1S/C26H28NO4P/c1-18-14-22(11-13-32(30)31)15-19(2)23(18)16-21-8-9-25(28)24(17-21)26(29)27-12-10-20-6-4-3-5-7-20/h3-9,14-15,17H,10-13,16H2,1-2H3,(H2-,27,28,29,30,31)/p+1. The van der Waals surface area contributed by atoms with Crippen molar-refractivity contribution in [3.8, 4) is 5.75 Å². The molecule has 166 valence electrons. The molecule has 3 N–H and O–H groups in total. The summed E-state index contributed by atoms with van der Waals surface area (Å²) in [7, 11) is -2.13. The van der Waals surface area contributed by atoms with Gasteiger partial charge < -0.3 is 10.4 Å². The summed E-state index contributed by atoms with van der Waals surface area (Å²) in [6.45, 7) is 4.55. The first-order valence-corrected chi connectivity index (χ1v) is 12.1. The van der Waals surface area contributed by atoms with E-state index in [-0.39, 0.29) is 23.4 Å². The lowest BCUT2D eigenvalue weighted by Crippen LogP contribution is -2.25. The van der Waals surface area contributed by atoms with Gasteiger partial charge in [-0.2, -0.15) is 4.89 Å². The fourth-order valence-electron chi connectivity index (χ4n) is 3.87. The van der Waals surface area contributed by atoms with E-state index in [4.69, 9.17) is 4.89 Å². The van der Waals surface area contributed by atoms with Gasteiger partial charge in [0.2, 0.25) is 0 Å². The Labute approximate surface area is 190 Å². The van der Waals surface area contributed by atoms with E-state index >= 15 is 0 Å². The molecule has 6 heteroatoms. The van der Waals surface area contributed by atoms with E-state index < -0.39 is 8.03 Å². The molecular weight excluding hydrogens is 421 g/mol. The highest BCUT2D eigenvalue weighted by Crippen LogP contribution is 2.25. The number of phenolic OH excluding ortho intramolecular Hbond substituents is 1. The SMILES string of the molecule is Cc1cc(CC[P+](=O)O)cc(C)c1Cc1ccc(O)c(C(=O)NCCc2ccccc2)c1. The molecule has 0 saturated carbocycles. The second-order valence-electron chi connectivity index (χ2n) is 8.05. The average Bonchev–Trinajstić information content (AvgIpc) is 2.76. The van der Waals surface area contributed by atoms with Crippen molar-refractivity contribution in [2.24, 2.45) is 0 Å². The first-order chi connectivity index (χ1) is 15.3. The number of aryl methyl sites for hydroxylation is 3. The highest BCUT2D eigenvalue weighted by atomic mass is 31.1. The Balaban J connectivity index is 1.70. The van der Waals surface area contributed by atoms with Gasteiger partial charge in [0.25, 0.3) is 5.91 Å². The molecule has 5 nitrogen and oxygen atoms in total. The number of carbonyl (C=O) groups is 1. The van der Waals surface area contributed by atoms with Crippen molar-refractivity contribution in [3.05, 3.63) is 99.6 Å². The molecule has 1 amide bonds. The van der Waals surface area contributed by atoms with Crippen LogP contribution in [0.25, 0.3) is 0 Å². The van der Waals surface area contributed by atoms with E-state index in [1.54, 1.807) is 12.1 Å². The summed E-state index contributed by atoms with van der Waals surface area (Å²) < 4.78 is 11.0. The van der Waals surface area contributed by atoms with Gasteiger partial charge in [-0.15, -0.1) is 0 Å². The molecule has 3 aromatic rings. The topological polar surface area (TPSA) is 86.6 Å². The van der Waals surface area contributed by atoms with Gasteiger partial charge in [-0.25, -0.2) is 0 Å². The number of benzene rings is 3. The minimum Gasteiger partial charge on any atom is -0.507 e. The Bertz CT molecular complexity index is 1090. The lowest BCUT2D eigenvalue weighted by molar-refractivity contribution is 0.0951. The molecule has 0 radical (unpaired) electrons. The van der Waals surface area contributed by atoms with Gasteiger partial charge in [0.1, 0.15) is 5.75 Å². The van der Waals surface area contributed by atoms with Gasteiger partial charge >= 0.3 is 8.03 Å². The van der Waals surface area contributed by atoms with Crippen molar-refractivity contribution in [1.82, 2.24) is 5.32 Å². The highest BCUT2D eigenvalue weighted by Gasteiger charge is 2.15. The van der Waals surface area contributed by atoms with Crippen LogP contribution in [0.3, 0.4) is 0 Å². The zero-order valence-corrected chi connectivity index (χ0v) is 19.4. The normalized spacial score (nSPS) is 11.3. The number of amides is 1. The molecule has 0 aliphatic heterocycles. The number of hydrogen-bond donors (Lipinski definition) is 3. The quantitative estimate of drug-likeness (QED) is 0.407. The molecule has 1 unspecified atom stereocenters. The number of hydrogen-bond acceptors (Lipinski definition) is 3. The molecule has 0 saturated heterocycles. The van der Waals surface area contributed by atoms with Crippen molar-refractivity contribution in [1.29, 1.82) is 0 Å². The van der Waals surface area contributed by atoms with Crippen LogP contribution in [0.5, 0.6) is 5.75 Å². The molecule has 3 rings (SSSR count). The second-order valence-corrected chi connectivity index (χ2v) is 9.21. The van der Waals surface area contributed by atoms with Crippen LogP contribution < -0.4 is 5.32 Å². The minimum atomic E-state index is -2.13.